The molecule has 3 heterocycles. The number of likely N-dealkylation sites (N-methyl/N-ethyl adjacent to an activating group) is 1. The fraction of sp³-hybridized carbons (Fsp3) is 0.500. The topological polar surface area (TPSA) is 79.2 Å². The van der Waals surface area contributed by atoms with Crippen molar-refractivity contribution in [3.05, 3.63) is 36.5 Å². The summed E-state index contributed by atoms with van der Waals surface area (Å²) in [6, 6.07) is 1.42. The fourth-order valence-corrected chi connectivity index (χ4v) is 3.04. The van der Waals surface area contributed by atoms with Crippen LogP contribution in [0.1, 0.15) is 12.0 Å². The molecule has 3 rings (SSSR count). The Balaban J connectivity index is 1.58. The summed E-state index contributed by atoms with van der Waals surface area (Å²) in [5.74, 6) is 0.493. The number of likely N-dealkylation sites (tertiary alicyclic amines) is 1. The van der Waals surface area contributed by atoms with Crippen LogP contribution in [0.5, 0.6) is 0 Å². The molecule has 1 fully saturated rings. The lowest BCUT2D eigenvalue weighted by atomic mass is 10.2. The number of nitrogens with zero attached hydrogens (tertiary/aromatic N) is 6. The number of amides is 2. The van der Waals surface area contributed by atoms with Crippen LogP contribution in [0.2, 0.25) is 0 Å². The Morgan fingerprint density at radius 3 is 2.88 bits per heavy atom. The van der Waals surface area contributed by atoms with Crippen LogP contribution in [0.25, 0.3) is 0 Å². The third-order valence-electron chi connectivity index (χ3n) is 4.26. The van der Waals surface area contributed by atoms with Crippen molar-refractivity contribution in [1.29, 1.82) is 0 Å². The predicted molar refractivity (Wildman–Crippen MR) is 90.6 cm³/mol. The molecule has 25 heavy (non-hydrogen) atoms. The van der Waals surface area contributed by atoms with Crippen LogP contribution >= 0.6 is 0 Å². The molecule has 2 atom stereocenters. The van der Waals surface area contributed by atoms with Crippen molar-refractivity contribution in [3.8, 4) is 0 Å². The Kier molecular flexibility index (Phi) is 5.22. The minimum absolute atomic E-state index is 0.0466. The van der Waals surface area contributed by atoms with E-state index in [9.17, 15) is 9.18 Å². The summed E-state index contributed by atoms with van der Waals surface area (Å²) in [6.07, 6.45) is 6.21. The summed E-state index contributed by atoms with van der Waals surface area (Å²) >= 11 is 0. The van der Waals surface area contributed by atoms with Gasteiger partial charge in [-0.1, -0.05) is 0 Å². The van der Waals surface area contributed by atoms with Gasteiger partial charge in [0, 0.05) is 70.0 Å². The van der Waals surface area contributed by atoms with E-state index in [0.29, 0.717) is 31.9 Å². The monoisotopic (exact) mass is 347 g/mol. The second kappa shape index (κ2) is 7.56. The minimum atomic E-state index is -0.887. The Morgan fingerprint density at radius 2 is 2.20 bits per heavy atom. The summed E-state index contributed by atoms with van der Waals surface area (Å²) in [6.45, 7) is 1.36. The first-order valence-corrected chi connectivity index (χ1v) is 8.15. The Hall–Kier alpha value is -2.55. The van der Waals surface area contributed by atoms with Crippen LogP contribution in [0.3, 0.4) is 0 Å². The van der Waals surface area contributed by atoms with Crippen molar-refractivity contribution in [1.82, 2.24) is 29.5 Å². The summed E-state index contributed by atoms with van der Waals surface area (Å²) in [5.41, 5.74) is 0.933. The molecule has 0 spiro atoms. The lowest BCUT2D eigenvalue weighted by Gasteiger charge is -2.28. The normalized spacial score (nSPS) is 20.6. The molecule has 1 saturated heterocycles. The van der Waals surface area contributed by atoms with E-state index >= 15 is 0 Å². The van der Waals surface area contributed by atoms with Gasteiger partial charge >= 0.3 is 6.03 Å². The summed E-state index contributed by atoms with van der Waals surface area (Å²) in [5, 5.41) is 6.86. The second-order valence-electron chi connectivity index (χ2n) is 6.35. The highest BCUT2D eigenvalue weighted by molar-refractivity contribution is 5.88. The van der Waals surface area contributed by atoms with Gasteiger partial charge in [0.05, 0.1) is 0 Å². The number of halogens is 1. The number of carbonyl (C=O) groups is 1. The number of aromatic nitrogens is 4. The van der Waals surface area contributed by atoms with Gasteiger partial charge in [-0.3, -0.25) is 14.9 Å². The first-order chi connectivity index (χ1) is 12.0. The van der Waals surface area contributed by atoms with E-state index < -0.39 is 6.17 Å². The Morgan fingerprint density at radius 1 is 1.44 bits per heavy atom. The fourth-order valence-electron chi connectivity index (χ4n) is 3.04. The highest BCUT2D eigenvalue weighted by atomic mass is 19.1. The number of aryl methyl sites for hydroxylation is 1. The van der Waals surface area contributed by atoms with Crippen LogP contribution in [0.4, 0.5) is 15.0 Å². The third-order valence-corrected chi connectivity index (χ3v) is 4.26. The Labute approximate surface area is 145 Å². The van der Waals surface area contributed by atoms with Crippen molar-refractivity contribution < 1.29 is 9.18 Å². The maximum absolute atomic E-state index is 13.9. The van der Waals surface area contributed by atoms with Gasteiger partial charge in [0.2, 0.25) is 0 Å². The van der Waals surface area contributed by atoms with E-state index in [1.165, 1.54) is 6.33 Å². The molecular weight excluding hydrogens is 325 g/mol. The van der Waals surface area contributed by atoms with Gasteiger partial charge in [-0.15, -0.1) is 0 Å². The van der Waals surface area contributed by atoms with Crippen molar-refractivity contribution in [2.24, 2.45) is 7.05 Å². The standard InChI is InChI=1S/C16H22FN7O/c1-22(16(25)20-15-3-4-23(2)21-15)10-14-5-13(17)9-24(14)8-12-6-18-11-19-7-12/h3-4,6-7,11,13-14H,5,8-10H2,1-2H3,(H,20,21,25)/t13-,14-/m0/s1. The molecule has 0 unspecified atom stereocenters. The minimum Gasteiger partial charge on any atom is -0.326 e. The number of rotatable bonds is 5. The van der Waals surface area contributed by atoms with Crippen LogP contribution in [-0.2, 0) is 13.6 Å². The number of anilines is 1. The average Bonchev–Trinajstić information content (AvgIpc) is 3.14. The number of carbonyl (C=O) groups excluding carboxylic acids is 1. The quantitative estimate of drug-likeness (QED) is 0.882. The van der Waals surface area contributed by atoms with E-state index in [-0.39, 0.29) is 12.1 Å². The summed E-state index contributed by atoms with van der Waals surface area (Å²) in [4.78, 5) is 23.9. The van der Waals surface area contributed by atoms with Gasteiger partial charge in [0.25, 0.3) is 0 Å². The molecule has 0 aromatic carbocycles. The highest BCUT2D eigenvalue weighted by Gasteiger charge is 2.33. The molecule has 2 aromatic rings. The van der Waals surface area contributed by atoms with E-state index in [0.717, 1.165) is 5.56 Å². The predicted octanol–water partition coefficient (Wildman–Crippen LogP) is 1.29. The van der Waals surface area contributed by atoms with Crippen molar-refractivity contribution in [2.45, 2.75) is 25.2 Å². The average molecular weight is 347 g/mol. The van der Waals surface area contributed by atoms with Crippen LogP contribution in [0.15, 0.2) is 31.0 Å². The molecule has 2 aromatic heterocycles. The molecular formula is C16H22FN7O. The molecule has 0 bridgehead atoms. The van der Waals surface area contributed by atoms with Crippen LogP contribution in [-0.4, -0.2) is 67.9 Å². The number of hydrogen-bond donors (Lipinski definition) is 1. The zero-order valence-electron chi connectivity index (χ0n) is 14.3. The zero-order valence-corrected chi connectivity index (χ0v) is 14.3. The van der Waals surface area contributed by atoms with Gasteiger partial charge in [-0.2, -0.15) is 5.10 Å². The zero-order chi connectivity index (χ0) is 17.8. The van der Waals surface area contributed by atoms with Crippen molar-refractivity contribution >= 4 is 11.8 Å². The van der Waals surface area contributed by atoms with Gasteiger partial charge in [-0.25, -0.2) is 19.2 Å². The first-order valence-electron chi connectivity index (χ1n) is 8.15. The van der Waals surface area contributed by atoms with Gasteiger partial charge in [0.15, 0.2) is 5.82 Å². The van der Waals surface area contributed by atoms with E-state index in [2.05, 4.69) is 20.4 Å². The molecule has 0 radical (unpaired) electrons. The maximum Gasteiger partial charge on any atom is 0.322 e. The molecule has 0 aliphatic carbocycles. The SMILES string of the molecule is CN(C[C@@H]1C[C@H](F)CN1Cc1cncnc1)C(=O)Nc1ccn(C)n1. The van der Waals surface area contributed by atoms with Gasteiger partial charge < -0.3 is 4.90 Å². The molecule has 8 nitrogen and oxygen atoms in total. The smallest absolute Gasteiger partial charge is 0.322 e. The number of nitrogens with one attached hydrogen (secondary N) is 1. The first kappa shape index (κ1) is 17.3. The van der Waals surface area contributed by atoms with Crippen molar-refractivity contribution in [3.63, 3.8) is 0 Å². The lowest BCUT2D eigenvalue weighted by molar-refractivity contribution is 0.182. The maximum atomic E-state index is 13.9. The second-order valence-corrected chi connectivity index (χ2v) is 6.35. The molecule has 1 aliphatic rings. The molecule has 2 amide bonds. The third kappa shape index (κ3) is 4.50. The molecule has 0 saturated carbocycles. The lowest BCUT2D eigenvalue weighted by Crippen LogP contribution is -2.42. The van der Waals surface area contributed by atoms with E-state index in [4.69, 9.17) is 0 Å². The molecule has 9 heteroatoms. The highest BCUT2D eigenvalue weighted by Crippen LogP contribution is 2.23. The number of alkyl halides is 1. The van der Waals surface area contributed by atoms with Crippen LogP contribution < -0.4 is 5.32 Å². The van der Waals surface area contributed by atoms with E-state index in [1.54, 1.807) is 48.3 Å². The Bertz CT molecular complexity index is 708. The van der Waals surface area contributed by atoms with Crippen molar-refractivity contribution in [2.75, 3.05) is 25.5 Å². The van der Waals surface area contributed by atoms with E-state index in [1.807, 2.05) is 4.90 Å². The summed E-state index contributed by atoms with van der Waals surface area (Å²) < 4.78 is 15.5. The number of hydrogen-bond acceptors (Lipinski definition) is 5. The van der Waals surface area contributed by atoms with Gasteiger partial charge in [0.1, 0.15) is 12.5 Å². The largest absolute Gasteiger partial charge is 0.326 e. The molecule has 1 aliphatic heterocycles. The van der Waals surface area contributed by atoms with Crippen LogP contribution in [0, 0.1) is 0 Å². The van der Waals surface area contributed by atoms with Gasteiger partial charge in [-0.05, 0) is 6.42 Å². The number of urea groups is 1. The molecule has 134 valence electrons. The summed E-state index contributed by atoms with van der Waals surface area (Å²) in [7, 11) is 3.48. The molecule has 1 N–H and O–H groups in total.